The van der Waals surface area contributed by atoms with E-state index >= 15 is 0 Å². The normalized spacial score (nSPS) is 24.2. The van der Waals surface area contributed by atoms with Crippen molar-refractivity contribution >= 4 is 0 Å². The third-order valence-electron chi connectivity index (χ3n) is 2.73. The molecule has 0 aromatic carbocycles. The van der Waals surface area contributed by atoms with Gasteiger partial charge in [0.15, 0.2) is 0 Å². The van der Waals surface area contributed by atoms with Crippen LogP contribution in [0.5, 0.6) is 0 Å². The maximum absolute atomic E-state index is 8.71. The van der Waals surface area contributed by atoms with Crippen LogP contribution in [0.15, 0.2) is 34.6 Å². The molecule has 0 fully saturated rings. The van der Waals surface area contributed by atoms with Crippen LogP contribution in [0.3, 0.4) is 0 Å². The summed E-state index contributed by atoms with van der Waals surface area (Å²) in [6.45, 7) is 0. The van der Waals surface area contributed by atoms with E-state index in [9.17, 15) is 0 Å². The van der Waals surface area contributed by atoms with E-state index in [-0.39, 0.29) is 0 Å². The maximum atomic E-state index is 8.71. The van der Waals surface area contributed by atoms with Crippen LogP contribution in [0.1, 0.15) is 25.7 Å². The molecule has 2 nitrogen and oxygen atoms in total. The van der Waals surface area contributed by atoms with Crippen molar-refractivity contribution in [1.82, 2.24) is 0 Å². The number of hydrogen-bond acceptors (Lipinski definition) is 2. The zero-order valence-corrected chi connectivity index (χ0v) is 7.51. The Morgan fingerprint density at radius 1 is 1.38 bits per heavy atom. The third kappa shape index (κ3) is 1.27. The average Bonchev–Trinajstić information content (AvgIpc) is 2.60. The second kappa shape index (κ2) is 3.10. The summed E-state index contributed by atoms with van der Waals surface area (Å²) in [4.78, 5) is 0. The fraction of sp³-hybridized carbons (Fsp3) is 0.364. The van der Waals surface area contributed by atoms with Crippen LogP contribution in [0.2, 0.25) is 0 Å². The molecule has 0 spiro atoms. The summed E-state index contributed by atoms with van der Waals surface area (Å²) in [5, 5.41) is 8.71. The molecular formula is C11H12N2. The highest BCUT2D eigenvalue weighted by Crippen LogP contribution is 2.37. The van der Waals surface area contributed by atoms with Gasteiger partial charge in [-0.1, -0.05) is 17.7 Å². The largest absolute Gasteiger partial charge is 0.390 e. The Bertz CT molecular complexity index is 364. The Hall–Kier alpha value is -1.49. The van der Waals surface area contributed by atoms with Gasteiger partial charge < -0.3 is 5.73 Å². The topological polar surface area (TPSA) is 49.8 Å². The molecule has 66 valence electrons. The van der Waals surface area contributed by atoms with Crippen LogP contribution in [-0.2, 0) is 0 Å². The first kappa shape index (κ1) is 8.12. The van der Waals surface area contributed by atoms with Gasteiger partial charge >= 0.3 is 0 Å². The summed E-state index contributed by atoms with van der Waals surface area (Å²) in [5.41, 5.74) is 9.82. The van der Waals surface area contributed by atoms with Crippen molar-refractivity contribution in [3.8, 4) is 6.07 Å². The molecule has 0 radical (unpaired) electrons. The molecule has 2 aliphatic rings. The first-order chi connectivity index (χ1) is 6.33. The smallest absolute Gasteiger partial charge is 0.117 e. The van der Waals surface area contributed by atoms with Crippen LogP contribution >= 0.6 is 0 Å². The Labute approximate surface area is 78.0 Å². The summed E-state index contributed by atoms with van der Waals surface area (Å²) in [5.74, 6) is 0. The first-order valence-corrected chi connectivity index (χ1v) is 4.60. The molecule has 0 aliphatic heterocycles. The zero-order valence-electron chi connectivity index (χ0n) is 7.51. The van der Waals surface area contributed by atoms with E-state index in [4.69, 9.17) is 11.0 Å². The Morgan fingerprint density at radius 3 is 3.00 bits per heavy atom. The number of hydrogen-bond donors (Lipinski definition) is 1. The molecular weight excluding hydrogens is 160 g/mol. The molecule has 2 rings (SSSR count). The van der Waals surface area contributed by atoms with Crippen LogP contribution in [0, 0.1) is 11.3 Å². The van der Waals surface area contributed by atoms with E-state index in [1.54, 1.807) is 0 Å². The lowest BCUT2D eigenvalue weighted by molar-refractivity contribution is 0.883. The zero-order chi connectivity index (χ0) is 9.26. The maximum Gasteiger partial charge on any atom is 0.117 e. The molecule has 2 heteroatoms. The van der Waals surface area contributed by atoms with Gasteiger partial charge in [-0.25, -0.2) is 0 Å². The lowest BCUT2D eigenvalue weighted by atomic mass is 9.98. The molecule has 0 aromatic heterocycles. The van der Waals surface area contributed by atoms with Crippen molar-refractivity contribution < 1.29 is 0 Å². The lowest BCUT2D eigenvalue weighted by Crippen LogP contribution is -2.00. The van der Waals surface area contributed by atoms with Gasteiger partial charge in [0.25, 0.3) is 0 Å². The van der Waals surface area contributed by atoms with Gasteiger partial charge in [0.2, 0.25) is 0 Å². The highest BCUT2D eigenvalue weighted by atomic mass is 14.6. The minimum Gasteiger partial charge on any atom is -0.390 e. The SMILES string of the molecule is N#C/C(N)=C1/CCC2=C1C=CCC2. The fourth-order valence-corrected chi connectivity index (χ4v) is 2.04. The molecule has 0 bridgehead atoms. The number of nitrogens with zero attached hydrogens (tertiary/aromatic N) is 1. The first-order valence-electron chi connectivity index (χ1n) is 4.60. The van der Waals surface area contributed by atoms with E-state index in [1.807, 2.05) is 6.07 Å². The summed E-state index contributed by atoms with van der Waals surface area (Å²) in [7, 11) is 0. The molecule has 0 aromatic rings. The minimum absolute atomic E-state index is 0.400. The lowest BCUT2D eigenvalue weighted by Gasteiger charge is -2.08. The van der Waals surface area contributed by atoms with Crippen molar-refractivity contribution in [2.75, 3.05) is 0 Å². The van der Waals surface area contributed by atoms with Crippen LogP contribution in [0.25, 0.3) is 0 Å². The van der Waals surface area contributed by atoms with Gasteiger partial charge in [-0.05, 0) is 36.8 Å². The quantitative estimate of drug-likeness (QED) is 0.569. The fourth-order valence-electron chi connectivity index (χ4n) is 2.04. The van der Waals surface area contributed by atoms with Gasteiger partial charge in [-0.3, -0.25) is 0 Å². The molecule has 0 saturated carbocycles. The average molecular weight is 172 g/mol. The van der Waals surface area contributed by atoms with E-state index in [0.717, 1.165) is 31.3 Å². The number of rotatable bonds is 0. The predicted octanol–water partition coefficient (Wildman–Crippen LogP) is 2.16. The van der Waals surface area contributed by atoms with Gasteiger partial charge in [-0.15, -0.1) is 0 Å². The summed E-state index contributed by atoms with van der Waals surface area (Å²) in [6.07, 6.45) is 8.61. The van der Waals surface area contributed by atoms with Crippen LogP contribution in [-0.4, -0.2) is 0 Å². The van der Waals surface area contributed by atoms with Crippen molar-refractivity contribution in [1.29, 1.82) is 5.26 Å². The number of allylic oxidation sites excluding steroid dienone is 6. The van der Waals surface area contributed by atoms with E-state index < -0.39 is 0 Å². The van der Waals surface area contributed by atoms with Gasteiger partial charge in [0.05, 0.1) is 0 Å². The van der Waals surface area contributed by atoms with E-state index in [0.29, 0.717) is 5.70 Å². The predicted molar refractivity (Wildman–Crippen MR) is 51.5 cm³/mol. The molecule has 0 heterocycles. The molecule has 0 unspecified atom stereocenters. The van der Waals surface area contributed by atoms with Crippen molar-refractivity contribution in [3.63, 3.8) is 0 Å². The summed E-state index contributed by atoms with van der Waals surface area (Å²) in [6, 6.07) is 2.03. The molecule has 2 aliphatic carbocycles. The van der Waals surface area contributed by atoms with Gasteiger partial charge in [-0.2, -0.15) is 5.26 Å². The molecule has 0 saturated heterocycles. The molecule has 0 amide bonds. The minimum atomic E-state index is 0.400. The highest BCUT2D eigenvalue weighted by molar-refractivity contribution is 5.53. The Morgan fingerprint density at radius 2 is 2.23 bits per heavy atom. The number of nitriles is 1. The Kier molecular flexibility index (Phi) is 1.94. The van der Waals surface area contributed by atoms with Gasteiger partial charge in [0, 0.05) is 0 Å². The third-order valence-corrected chi connectivity index (χ3v) is 2.73. The van der Waals surface area contributed by atoms with Gasteiger partial charge in [0.1, 0.15) is 11.8 Å². The highest BCUT2D eigenvalue weighted by Gasteiger charge is 2.21. The summed E-state index contributed by atoms with van der Waals surface area (Å²) < 4.78 is 0. The standard InChI is InChI=1S/C11H12N2/c12-7-11(13)10-6-5-8-3-1-2-4-9(8)10/h2,4H,1,3,5-6,13H2/b11-10+. The Balaban J connectivity index is 2.43. The monoisotopic (exact) mass is 172 g/mol. The van der Waals surface area contributed by atoms with Crippen LogP contribution < -0.4 is 5.73 Å². The van der Waals surface area contributed by atoms with E-state index in [1.165, 1.54) is 11.1 Å². The van der Waals surface area contributed by atoms with E-state index in [2.05, 4.69) is 12.2 Å². The summed E-state index contributed by atoms with van der Waals surface area (Å²) >= 11 is 0. The van der Waals surface area contributed by atoms with Crippen molar-refractivity contribution in [3.05, 3.63) is 34.6 Å². The second-order valence-electron chi connectivity index (χ2n) is 3.46. The van der Waals surface area contributed by atoms with Crippen LogP contribution in [0.4, 0.5) is 0 Å². The molecule has 2 N–H and O–H groups in total. The number of nitrogens with two attached hydrogens (primary N) is 1. The second-order valence-corrected chi connectivity index (χ2v) is 3.46. The van der Waals surface area contributed by atoms with Crippen molar-refractivity contribution in [2.45, 2.75) is 25.7 Å². The van der Waals surface area contributed by atoms with Crippen molar-refractivity contribution in [2.24, 2.45) is 5.73 Å². The molecule has 0 atom stereocenters. The molecule has 13 heavy (non-hydrogen) atoms.